The lowest BCUT2D eigenvalue weighted by molar-refractivity contribution is 0.0600. The fraction of sp³-hybridized carbons (Fsp3) is 0.120. The third kappa shape index (κ3) is 3.33. The van der Waals surface area contributed by atoms with Gasteiger partial charge in [0.1, 0.15) is 5.69 Å². The van der Waals surface area contributed by atoms with Crippen molar-refractivity contribution in [3.63, 3.8) is 0 Å². The Hall–Kier alpha value is -4.26. The van der Waals surface area contributed by atoms with Gasteiger partial charge < -0.3 is 4.74 Å². The van der Waals surface area contributed by atoms with Crippen LogP contribution in [0.25, 0.3) is 21.8 Å². The van der Waals surface area contributed by atoms with Crippen LogP contribution in [0.15, 0.2) is 72.9 Å². The minimum Gasteiger partial charge on any atom is -0.465 e. The number of benzene rings is 3. The molecule has 0 aliphatic heterocycles. The number of ether oxygens (including phenoxy) is 1. The first-order valence-corrected chi connectivity index (χ1v) is 10.1. The second-order valence-corrected chi connectivity index (χ2v) is 7.59. The zero-order valence-electron chi connectivity index (χ0n) is 17.6. The largest absolute Gasteiger partial charge is 0.465 e. The Labute approximate surface area is 183 Å². The normalized spacial score (nSPS) is 11.2. The van der Waals surface area contributed by atoms with Crippen molar-refractivity contribution >= 4 is 33.6 Å². The molecule has 0 radical (unpaired) electrons. The molecule has 0 unspecified atom stereocenters. The van der Waals surface area contributed by atoms with Crippen LogP contribution in [0.4, 0.5) is 0 Å². The zero-order valence-corrected chi connectivity index (χ0v) is 17.6. The zero-order chi connectivity index (χ0) is 22.2. The van der Waals surface area contributed by atoms with E-state index in [4.69, 9.17) is 4.74 Å². The van der Waals surface area contributed by atoms with E-state index >= 15 is 0 Å². The fourth-order valence-electron chi connectivity index (χ4n) is 3.91. The molecule has 0 amide bonds. The predicted molar refractivity (Wildman–Crippen MR) is 121 cm³/mol. The van der Waals surface area contributed by atoms with Crippen molar-refractivity contribution in [1.82, 2.24) is 19.6 Å². The van der Waals surface area contributed by atoms with Crippen LogP contribution in [0.2, 0.25) is 0 Å². The van der Waals surface area contributed by atoms with Gasteiger partial charge in [0.25, 0.3) is 0 Å². The summed E-state index contributed by atoms with van der Waals surface area (Å²) in [4.78, 5) is 25.6. The van der Waals surface area contributed by atoms with E-state index in [9.17, 15) is 9.59 Å². The number of carbonyl (C=O) groups excluding carboxylic acids is 2. The van der Waals surface area contributed by atoms with Gasteiger partial charge >= 0.3 is 5.97 Å². The van der Waals surface area contributed by atoms with E-state index in [2.05, 4.69) is 10.2 Å². The van der Waals surface area contributed by atoms with Crippen molar-refractivity contribution in [2.75, 3.05) is 7.11 Å². The van der Waals surface area contributed by atoms with Gasteiger partial charge in [-0.2, -0.15) is 10.2 Å². The van der Waals surface area contributed by atoms with E-state index < -0.39 is 5.97 Å². The maximum Gasteiger partial charge on any atom is 0.337 e. The van der Waals surface area contributed by atoms with Crippen molar-refractivity contribution in [1.29, 1.82) is 0 Å². The van der Waals surface area contributed by atoms with E-state index in [0.29, 0.717) is 28.8 Å². The first-order valence-electron chi connectivity index (χ1n) is 10.1. The Bertz CT molecular complexity index is 1480. The maximum absolute atomic E-state index is 13.5. The molecule has 0 bridgehead atoms. The van der Waals surface area contributed by atoms with Crippen molar-refractivity contribution in [2.45, 2.75) is 6.54 Å². The van der Waals surface area contributed by atoms with Crippen molar-refractivity contribution in [2.24, 2.45) is 7.05 Å². The predicted octanol–water partition coefficient (Wildman–Crippen LogP) is 3.99. The molecule has 32 heavy (non-hydrogen) atoms. The molecule has 0 N–H and O–H groups in total. The highest BCUT2D eigenvalue weighted by Gasteiger charge is 2.21. The second-order valence-electron chi connectivity index (χ2n) is 7.59. The van der Waals surface area contributed by atoms with Crippen LogP contribution < -0.4 is 0 Å². The highest BCUT2D eigenvalue weighted by molar-refractivity contribution is 6.16. The number of rotatable bonds is 5. The Balaban J connectivity index is 1.65. The molecule has 0 fully saturated rings. The third-order valence-electron chi connectivity index (χ3n) is 5.57. The number of aromatic nitrogens is 4. The van der Waals surface area contributed by atoms with Gasteiger partial charge in [0.05, 0.1) is 36.4 Å². The second kappa shape index (κ2) is 7.77. The number of esters is 1. The quantitative estimate of drug-likeness (QED) is 0.315. The lowest BCUT2D eigenvalue weighted by atomic mass is 10.0. The van der Waals surface area contributed by atoms with Crippen molar-refractivity contribution < 1.29 is 14.3 Å². The SMILES string of the molecule is COC(=O)c1ccc2c(c1)c(C(=O)c1ccc3c(cnn3C)c1)nn2Cc1ccccc1. The number of ketones is 1. The Morgan fingerprint density at radius 1 is 0.938 bits per heavy atom. The summed E-state index contributed by atoms with van der Waals surface area (Å²) in [6, 6.07) is 20.5. The molecule has 7 heteroatoms. The van der Waals surface area contributed by atoms with E-state index in [0.717, 1.165) is 22.0 Å². The molecular formula is C25H20N4O3. The molecule has 5 aromatic rings. The standard InChI is InChI=1S/C25H20N4O3/c1-28-21-10-8-17(12-19(21)14-26-28)24(30)23-20-13-18(25(31)32-2)9-11-22(20)29(27-23)15-16-6-4-3-5-7-16/h3-14H,15H2,1-2H3. The Morgan fingerprint density at radius 2 is 1.69 bits per heavy atom. The van der Waals surface area contributed by atoms with Crippen LogP contribution in [0.1, 0.15) is 32.0 Å². The molecule has 0 atom stereocenters. The number of aryl methyl sites for hydroxylation is 1. The van der Waals surface area contributed by atoms with Gasteiger partial charge in [-0.25, -0.2) is 4.79 Å². The van der Waals surface area contributed by atoms with Crippen molar-refractivity contribution in [3.05, 3.63) is 95.3 Å². The molecule has 0 aliphatic rings. The molecular weight excluding hydrogens is 404 g/mol. The van der Waals surface area contributed by atoms with E-state index in [1.165, 1.54) is 7.11 Å². The summed E-state index contributed by atoms with van der Waals surface area (Å²) in [6.45, 7) is 0.504. The summed E-state index contributed by atoms with van der Waals surface area (Å²) >= 11 is 0. The van der Waals surface area contributed by atoms with Crippen molar-refractivity contribution in [3.8, 4) is 0 Å². The smallest absolute Gasteiger partial charge is 0.337 e. The lowest BCUT2D eigenvalue weighted by Gasteiger charge is -2.04. The van der Waals surface area contributed by atoms with Crippen LogP contribution in [0.3, 0.4) is 0 Å². The number of nitrogens with zero attached hydrogens (tertiary/aromatic N) is 4. The summed E-state index contributed by atoms with van der Waals surface area (Å²) in [5.74, 6) is -0.674. The topological polar surface area (TPSA) is 79.0 Å². The maximum atomic E-state index is 13.5. The fourth-order valence-corrected chi connectivity index (χ4v) is 3.91. The van der Waals surface area contributed by atoms with Gasteiger partial charge in [-0.05, 0) is 42.0 Å². The summed E-state index contributed by atoms with van der Waals surface area (Å²) in [6.07, 6.45) is 1.73. The molecule has 0 saturated carbocycles. The van der Waals surface area contributed by atoms with E-state index in [1.807, 2.05) is 49.5 Å². The molecule has 3 aromatic carbocycles. The average molecular weight is 424 g/mol. The van der Waals surface area contributed by atoms with Crippen LogP contribution in [-0.4, -0.2) is 38.4 Å². The van der Waals surface area contributed by atoms with Crippen LogP contribution >= 0.6 is 0 Å². The number of hydrogen-bond acceptors (Lipinski definition) is 5. The molecule has 5 rings (SSSR count). The van der Waals surface area contributed by atoms with Gasteiger partial charge in [-0.1, -0.05) is 30.3 Å². The summed E-state index contributed by atoms with van der Waals surface area (Å²) < 4.78 is 8.42. The highest BCUT2D eigenvalue weighted by atomic mass is 16.5. The minimum absolute atomic E-state index is 0.213. The Morgan fingerprint density at radius 3 is 2.47 bits per heavy atom. The van der Waals surface area contributed by atoms with Gasteiger partial charge in [-0.3, -0.25) is 14.2 Å². The van der Waals surface area contributed by atoms with Gasteiger partial charge in [0.15, 0.2) is 0 Å². The third-order valence-corrected chi connectivity index (χ3v) is 5.57. The summed E-state index contributed by atoms with van der Waals surface area (Å²) in [7, 11) is 3.19. The number of hydrogen-bond donors (Lipinski definition) is 0. The Kier molecular flexibility index (Phi) is 4.78. The highest BCUT2D eigenvalue weighted by Crippen LogP contribution is 2.25. The van der Waals surface area contributed by atoms with Crippen LogP contribution in [-0.2, 0) is 18.3 Å². The van der Waals surface area contributed by atoms with Crippen LogP contribution in [0.5, 0.6) is 0 Å². The number of carbonyl (C=O) groups is 2. The molecule has 2 heterocycles. The minimum atomic E-state index is -0.460. The van der Waals surface area contributed by atoms with Crippen LogP contribution in [0, 0.1) is 0 Å². The van der Waals surface area contributed by atoms with E-state index in [1.54, 1.807) is 39.8 Å². The summed E-state index contributed by atoms with van der Waals surface area (Å²) in [5, 5.41) is 10.4. The first kappa shape index (κ1) is 19.7. The molecule has 7 nitrogen and oxygen atoms in total. The van der Waals surface area contributed by atoms with Gasteiger partial charge in [0.2, 0.25) is 5.78 Å². The van der Waals surface area contributed by atoms with Gasteiger partial charge in [-0.15, -0.1) is 0 Å². The monoisotopic (exact) mass is 424 g/mol. The molecule has 0 spiro atoms. The van der Waals surface area contributed by atoms with E-state index in [-0.39, 0.29) is 5.78 Å². The summed E-state index contributed by atoms with van der Waals surface area (Å²) in [5.41, 5.74) is 3.95. The first-order chi connectivity index (χ1) is 15.5. The molecule has 158 valence electrons. The van der Waals surface area contributed by atoms with Gasteiger partial charge in [0, 0.05) is 23.4 Å². The molecule has 0 aliphatic carbocycles. The number of methoxy groups -OCH3 is 1. The lowest BCUT2D eigenvalue weighted by Crippen LogP contribution is -2.06. The number of fused-ring (bicyclic) bond motifs is 2. The average Bonchev–Trinajstić information content (AvgIpc) is 3.38. The molecule has 2 aromatic heterocycles. The molecule has 0 saturated heterocycles.